The minimum atomic E-state index is -0.676. The van der Waals surface area contributed by atoms with Crippen LogP contribution in [0.3, 0.4) is 0 Å². The smallest absolute Gasteiger partial charge is 0.338 e. The van der Waals surface area contributed by atoms with E-state index in [0.29, 0.717) is 12.0 Å². The molecule has 0 aromatic rings. The Labute approximate surface area is 82.2 Å². The van der Waals surface area contributed by atoms with E-state index >= 15 is 0 Å². The van der Waals surface area contributed by atoms with E-state index in [2.05, 4.69) is 0 Å². The second-order valence-electron chi connectivity index (χ2n) is 3.96. The molecule has 3 unspecified atom stereocenters. The molecular weight excluding hydrogens is 184 g/mol. The zero-order valence-electron chi connectivity index (χ0n) is 8.06. The van der Waals surface area contributed by atoms with E-state index in [4.69, 9.17) is 4.74 Å². The monoisotopic (exact) mass is 198 g/mol. The molecular formula is C10H14O4. The number of aliphatic hydroxyl groups excluding tert-OH is 2. The number of esters is 1. The van der Waals surface area contributed by atoms with Gasteiger partial charge in [-0.15, -0.1) is 0 Å². The van der Waals surface area contributed by atoms with Crippen molar-refractivity contribution in [2.45, 2.75) is 38.4 Å². The number of ether oxygens (including phenoxy) is 1. The van der Waals surface area contributed by atoms with Crippen molar-refractivity contribution >= 4 is 5.97 Å². The molecule has 0 bridgehead atoms. The fraction of sp³-hybridized carbons (Fsp3) is 0.700. The molecule has 0 radical (unpaired) electrons. The highest BCUT2D eigenvalue weighted by molar-refractivity contribution is 5.90. The summed E-state index contributed by atoms with van der Waals surface area (Å²) >= 11 is 0. The maximum Gasteiger partial charge on any atom is 0.338 e. The van der Waals surface area contributed by atoms with Crippen molar-refractivity contribution < 1.29 is 19.7 Å². The van der Waals surface area contributed by atoms with E-state index in [1.54, 1.807) is 6.92 Å². The van der Waals surface area contributed by atoms with Crippen LogP contribution in [0.4, 0.5) is 0 Å². The van der Waals surface area contributed by atoms with Crippen molar-refractivity contribution in [3.05, 3.63) is 11.3 Å². The molecule has 1 fully saturated rings. The predicted octanol–water partition coefficient (Wildman–Crippen LogP) is 0.905. The largest absolute Gasteiger partial charge is 0.512 e. The molecule has 0 spiro atoms. The average molecular weight is 198 g/mol. The van der Waals surface area contributed by atoms with Gasteiger partial charge in [0.2, 0.25) is 0 Å². The normalized spacial score (nSPS) is 37.9. The van der Waals surface area contributed by atoms with E-state index in [-0.39, 0.29) is 11.7 Å². The summed E-state index contributed by atoms with van der Waals surface area (Å²) < 4.78 is 4.93. The van der Waals surface area contributed by atoms with Crippen LogP contribution in [0.2, 0.25) is 0 Å². The van der Waals surface area contributed by atoms with Crippen molar-refractivity contribution in [3.8, 4) is 0 Å². The Hall–Kier alpha value is -1.03. The Morgan fingerprint density at radius 3 is 2.93 bits per heavy atom. The molecule has 78 valence electrons. The zero-order chi connectivity index (χ0) is 10.3. The lowest BCUT2D eigenvalue weighted by Crippen LogP contribution is -2.44. The molecule has 2 N–H and O–H groups in total. The summed E-state index contributed by atoms with van der Waals surface area (Å²) in [5.74, 6) is -0.609. The number of cyclic esters (lactones) is 1. The van der Waals surface area contributed by atoms with Crippen molar-refractivity contribution in [1.82, 2.24) is 0 Å². The molecule has 2 rings (SSSR count). The molecule has 4 heteroatoms. The Balaban J connectivity index is 2.36. The van der Waals surface area contributed by atoms with Gasteiger partial charge in [0.15, 0.2) is 0 Å². The molecule has 0 saturated carbocycles. The molecule has 0 amide bonds. The first-order valence-electron chi connectivity index (χ1n) is 4.92. The lowest BCUT2D eigenvalue weighted by molar-refractivity contribution is -0.160. The van der Waals surface area contributed by atoms with Gasteiger partial charge in [0, 0.05) is 12.3 Å². The lowest BCUT2D eigenvalue weighted by Gasteiger charge is -2.36. The van der Waals surface area contributed by atoms with Gasteiger partial charge in [0.05, 0.1) is 11.7 Å². The number of carbonyl (C=O) groups is 1. The number of carbonyl (C=O) groups excluding carboxylic acids is 1. The van der Waals surface area contributed by atoms with Gasteiger partial charge in [-0.1, -0.05) is 0 Å². The Kier molecular flexibility index (Phi) is 2.23. The van der Waals surface area contributed by atoms with Crippen LogP contribution in [0.5, 0.6) is 0 Å². The van der Waals surface area contributed by atoms with Crippen LogP contribution >= 0.6 is 0 Å². The highest BCUT2D eigenvalue weighted by Crippen LogP contribution is 2.36. The fourth-order valence-corrected chi connectivity index (χ4v) is 2.22. The van der Waals surface area contributed by atoms with Gasteiger partial charge in [-0.25, -0.2) is 4.79 Å². The maximum absolute atomic E-state index is 11.4. The first-order valence-corrected chi connectivity index (χ1v) is 4.92. The molecule has 1 heterocycles. The number of hydrogen-bond acceptors (Lipinski definition) is 4. The van der Waals surface area contributed by atoms with Crippen LogP contribution in [0.15, 0.2) is 11.3 Å². The lowest BCUT2D eigenvalue weighted by atomic mass is 9.79. The van der Waals surface area contributed by atoms with E-state index in [1.165, 1.54) is 0 Å². The Morgan fingerprint density at radius 2 is 2.21 bits per heavy atom. The molecule has 0 aromatic carbocycles. The summed E-state index contributed by atoms with van der Waals surface area (Å²) in [7, 11) is 0. The minimum absolute atomic E-state index is 0.0946. The van der Waals surface area contributed by atoms with Gasteiger partial charge in [0.1, 0.15) is 11.9 Å². The second-order valence-corrected chi connectivity index (χ2v) is 3.96. The highest BCUT2D eigenvalue weighted by atomic mass is 16.6. The second kappa shape index (κ2) is 3.28. The Bertz CT molecular complexity index is 294. The molecule has 1 aliphatic carbocycles. The minimum Gasteiger partial charge on any atom is -0.512 e. The molecule has 4 nitrogen and oxygen atoms in total. The molecule has 3 atom stereocenters. The topological polar surface area (TPSA) is 66.8 Å². The standard InChI is InChI=1S/C10H14O4/c1-5-9(12)6-3-2-4-7(11)8(6)10(13)14-5/h5-6,9,11-12H,2-4H2,1H3. The first kappa shape index (κ1) is 9.52. The third-order valence-corrected chi connectivity index (χ3v) is 3.02. The van der Waals surface area contributed by atoms with Crippen LogP contribution in [0.25, 0.3) is 0 Å². The van der Waals surface area contributed by atoms with Gasteiger partial charge in [-0.05, 0) is 19.8 Å². The quantitative estimate of drug-likeness (QED) is 0.568. The van der Waals surface area contributed by atoms with Gasteiger partial charge in [-0.2, -0.15) is 0 Å². The third kappa shape index (κ3) is 1.30. The van der Waals surface area contributed by atoms with Gasteiger partial charge >= 0.3 is 5.97 Å². The van der Waals surface area contributed by atoms with E-state index in [0.717, 1.165) is 12.8 Å². The number of fused-ring (bicyclic) bond motifs is 1. The van der Waals surface area contributed by atoms with Crippen molar-refractivity contribution in [2.24, 2.45) is 5.92 Å². The average Bonchev–Trinajstić information content (AvgIpc) is 2.14. The maximum atomic E-state index is 11.4. The van der Waals surface area contributed by atoms with Gasteiger partial charge in [0.25, 0.3) is 0 Å². The highest BCUT2D eigenvalue weighted by Gasteiger charge is 2.42. The number of rotatable bonds is 0. The summed E-state index contributed by atoms with van der Waals surface area (Å²) in [4.78, 5) is 11.4. The summed E-state index contributed by atoms with van der Waals surface area (Å²) in [6, 6.07) is 0. The zero-order valence-corrected chi connectivity index (χ0v) is 8.06. The van der Waals surface area contributed by atoms with Crippen LogP contribution in [-0.4, -0.2) is 28.4 Å². The summed E-state index contributed by atoms with van der Waals surface area (Å²) in [6.07, 6.45) is 0.936. The number of hydrogen-bond donors (Lipinski definition) is 2. The van der Waals surface area contributed by atoms with Crippen molar-refractivity contribution in [1.29, 1.82) is 0 Å². The fourth-order valence-electron chi connectivity index (χ4n) is 2.22. The van der Waals surface area contributed by atoms with Crippen molar-refractivity contribution in [2.75, 3.05) is 0 Å². The van der Waals surface area contributed by atoms with Gasteiger partial charge < -0.3 is 14.9 Å². The van der Waals surface area contributed by atoms with E-state index in [1.807, 2.05) is 0 Å². The summed E-state index contributed by atoms with van der Waals surface area (Å²) in [5.41, 5.74) is 0.293. The summed E-state index contributed by atoms with van der Waals surface area (Å²) in [5, 5.41) is 19.3. The molecule has 1 saturated heterocycles. The molecule has 14 heavy (non-hydrogen) atoms. The molecule has 0 aromatic heterocycles. The first-order chi connectivity index (χ1) is 6.61. The SMILES string of the molecule is CC1OC(=O)C2=C(O)CCCC2C1O. The number of allylic oxidation sites excluding steroid dienone is 1. The third-order valence-electron chi connectivity index (χ3n) is 3.02. The van der Waals surface area contributed by atoms with Crippen LogP contribution in [-0.2, 0) is 9.53 Å². The Morgan fingerprint density at radius 1 is 1.50 bits per heavy atom. The predicted molar refractivity (Wildman–Crippen MR) is 48.6 cm³/mol. The van der Waals surface area contributed by atoms with Crippen LogP contribution in [0.1, 0.15) is 26.2 Å². The molecule has 1 aliphatic heterocycles. The van der Waals surface area contributed by atoms with Crippen molar-refractivity contribution in [3.63, 3.8) is 0 Å². The van der Waals surface area contributed by atoms with E-state index < -0.39 is 18.2 Å². The summed E-state index contributed by atoms with van der Waals surface area (Å²) in [6.45, 7) is 1.67. The van der Waals surface area contributed by atoms with Gasteiger partial charge in [-0.3, -0.25) is 0 Å². The van der Waals surface area contributed by atoms with E-state index in [9.17, 15) is 15.0 Å². The van der Waals surface area contributed by atoms with Crippen LogP contribution in [0, 0.1) is 5.92 Å². The molecule has 2 aliphatic rings. The number of aliphatic hydroxyl groups is 2. The van der Waals surface area contributed by atoms with Crippen LogP contribution < -0.4 is 0 Å².